The smallest absolute Gasteiger partial charge is 0.411 e. The van der Waals surface area contributed by atoms with Crippen LogP contribution in [0, 0.1) is 0 Å². The van der Waals surface area contributed by atoms with Gasteiger partial charge in [-0.1, -0.05) is 60.7 Å². The molecule has 2 amide bonds. The van der Waals surface area contributed by atoms with E-state index in [0.717, 1.165) is 78.9 Å². The number of carbonyl (C=O) groups is 2. The normalized spacial score (nSPS) is 16.2. The van der Waals surface area contributed by atoms with E-state index in [9.17, 15) is 14.7 Å². The van der Waals surface area contributed by atoms with E-state index < -0.39 is 6.09 Å². The molecule has 3 aromatic rings. The Kier molecular flexibility index (Phi) is 8.36. The van der Waals surface area contributed by atoms with Gasteiger partial charge in [0, 0.05) is 50.5 Å². The molecule has 2 heterocycles. The van der Waals surface area contributed by atoms with Gasteiger partial charge < -0.3 is 19.6 Å². The number of ether oxygens (including phenoxy) is 1. The fraction of sp³-hybridized carbons (Fsp3) is 0.355. The summed E-state index contributed by atoms with van der Waals surface area (Å²) in [5.41, 5.74) is 5.68. The Morgan fingerprint density at radius 2 is 1.68 bits per heavy atom. The SMILES string of the molecule is O=C(Nc1ccccc1-c1ccccc1)OC1CCN(CCN2CCc3cc(CCO)ccc3C2=O)CC1. The van der Waals surface area contributed by atoms with Crippen LogP contribution in [0.3, 0.4) is 0 Å². The maximum absolute atomic E-state index is 13.0. The summed E-state index contributed by atoms with van der Waals surface area (Å²) in [5.74, 6) is 0.0903. The third-order valence-electron chi connectivity index (χ3n) is 7.48. The van der Waals surface area contributed by atoms with Crippen LogP contribution in [-0.4, -0.2) is 72.3 Å². The summed E-state index contributed by atoms with van der Waals surface area (Å²) >= 11 is 0. The topological polar surface area (TPSA) is 82.1 Å². The van der Waals surface area contributed by atoms with Crippen molar-refractivity contribution in [1.29, 1.82) is 0 Å². The van der Waals surface area contributed by atoms with Crippen LogP contribution in [0.1, 0.15) is 34.3 Å². The van der Waals surface area contributed by atoms with Gasteiger partial charge in [-0.3, -0.25) is 10.1 Å². The molecule has 2 aliphatic heterocycles. The number of aliphatic hydroxyl groups is 1. The molecule has 0 radical (unpaired) electrons. The van der Waals surface area contributed by atoms with E-state index in [1.54, 1.807) is 0 Å². The fourth-order valence-electron chi connectivity index (χ4n) is 5.35. The van der Waals surface area contributed by atoms with Crippen LogP contribution in [0.15, 0.2) is 72.8 Å². The van der Waals surface area contributed by atoms with E-state index in [-0.39, 0.29) is 18.6 Å². The Morgan fingerprint density at radius 3 is 2.47 bits per heavy atom. The summed E-state index contributed by atoms with van der Waals surface area (Å²) in [6.45, 7) is 4.02. The summed E-state index contributed by atoms with van der Waals surface area (Å²) < 4.78 is 5.76. The first-order chi connectivity index (χ1) is 18.6. The Bertz CT molecular complexity index is 1250. The minimum atomic E-state index is -0.424. The first kappa shape index (κ1) is 25.9. The summed E-state index contributed by atoms with van der Waals surface area (Å²) in [5, 5.41) is 12.1. The molecule has 0 atom stereocenters. The van der Waals surface area contributed by atoms with Gasteiger partial charge in [-0.2, -0.15) is 0 Å². The molecule has 0 aromatic heterocycles. The van der Waals surface area contributed by atoms with Gasteiger partial charge in [0.05, 0.1) is 5.69 Å². The van der Waals surface area contributed by atoms with Crippen molar-refractivity contribution in [2.75, 3.05) is 44.6 Å². The minimum Gasteiger partial charge on any atom is -0.446 e. The molecular formula is C31H35N3O4. The number of hydrogen-bond donors (Lipinski definition) is 2. The van der Waals surface area contributed by atoms with E-state index >= 15 is 0 Å². The number of nitrogens with one attached hydrogen (secondary N) is 1. The van der Waals surface area contributed by atoms with Gasteiger partial charge in [0.1, 0.15) is 6.10 Å². The number of para-hydroxylation sites is 1. The second-order valence-electron chi connectivity index (χ2n) is 9.99. The zero-order valence-electron chi connectivity index (χ0n) is 21.6. The van der Waals surface area contributed by atoms with Crippen molar-refractivity contribution >= 4 is 17.7 Å². The number of aliphatic hydroxyl groups excluding tert-OH is 1. The van der Waals surface area contributed by atoms with Crippen molar-refractivity contribution in [2.45, 2.75) is 31.8 Å². The molecule has 2 aliphatic rings. The standard InChI is InChI=1S/C31H35N3O4/c35-21-15-23-10-11-28-25(22-23)12-18-34(30(28)36)20-19-33-16-13-26(14-17-33)38-31(37)32-29-9-5-4-8-27(29)24-6-2-1-3-7-24/h1-11,22,26,35H,12-21H2,(H,32,37). The van der Waals surface area contributed by atoms with Crippen LogP contribution in [0.4, 0.5) is 10.5 Å². The summed E-state index contributed by atoms with van der Waals surface area (Å²) in [4.78, 5) is 29.9. The highest BCUT2D eigenvalue weighted by atomic mass is 16.6. The van der Waals surface area contributed by atoms with Crippen molar-refractivity contribution in [2.24, 2.45) is 0 Å². The summed E-state index contributed by atoms with van der Waals surface area (Å²) in [7, 11) is 0. The Balaban J connectivity index is 1.07. The second kappa shape index (κ2) is 12.2. The summed E-state index contributed by atoms with van der Waals surface area (Å²) in [6, 6.07) is 23.6. The number of nitrogens with zero attached hydrogens (tertiary/aromatic N) is 2. The van der Waals surface area contributed by atoms with Crippen molar-refractivity contribution in [3.05, 3.63) is 89.5 Å². The lowest BCUT2D eigenvalue weighted by molar-refractivity contribution is 0.0517. The zero-order chi connectivity index (χ0) is 26.3. The van der Waals surface area contributed by atoms with Crippen LogP contribution >= 0.6 is 0 Å². The minimum absolute atomic E-state index is 0.0903. The van der Waals surface area contributed by atoms with E-state index in [2.05, 4.69) is 16.3 Å². The maximum Gasteiger partial charge on any atom is 0.411 e. The lowest BCUT2D eigenvalue weighted by Gasteiger charge is -2.34. The van der Waals surface area contributed by atoms with E-state index in [1.165, 1.54) is 0 Å². The van der Waals surface area contributed by atoms with Gasteiger partial charge in [0.25, 0.3) is 5.91 Å². The first-order valence-electron chi connectivity index (χ1n) is 13.5. The number of benzene rings is 3. The number of anilines is 1. The monoisotopic (exact) mass is 513 g/mol. The number of piperidine rings is 1. The van der Waals surface area contributed by atoms with Gasteiger partial charge in [-0.15, -0.1) is 0 Å². The molecule has 7 heteroatoms. The molecule has 3 aromatic carbocycles. The molecule has 198 valence electrons. The lowest BCUT2D eigenvalue weighted by atomic mass is 9.95. The quantitative estimate of drug-likeness (QED) is 0.460. The predicted octanol–water partition coefficient (Wildman–Crippen LogP) is 4.60. The zero-order valence-corrected chi connectivity index (χ0v) is 21.6. The van der Waals surface area contributed by atoms with Crippen LogP contribution < -0.4 is 5.32 Å². The Hall–Kier alpha value is -3.68. The number of rotatable bonds is 8. The lowest BCUT2D eigenvalue weighted by Crippen LogP contribution is -2.45. The number of amides is 2. The van der Waals surface area contributed by atoms with E-state index in [1.807, 2.05) is 71.6 Å². The van der Waals surface area contributed by atoms with Crippen LogP contribution in [-0.2, 0) is 17.6 Å². The molecule has 0 aliphatic carbocycles. The molecule has 0 bridgehead atoms. The average Bonchev–Trinajstić information content (AvgIpc) is 2.94. The fourth-order valence-corrected chi connectivity index (χ4v) is 5.35. The van der Waals surface area contributed by atoms with E-state index in [4.69, 9.17) is 4.74 Å². The molecule has 0 unspecified atom stereocenters. The molecule has 1 fully saturated rings. The average molecular weight is 514 g/mol. The molecule has 0 saturated carbocycles. The van der Waals surface area contributed by atoms with Gasteiger partial charge in [0.2, 0.25) is 0 Å². The van der Waals surface area contributed by atoms with Crippen LogP contribution in [0.2, 0.25) is 0 Å². The predicted molar refractivity (Wildman–Crippen MR) is 148 cm³/mol. The molecule has 1 saturated heterocycles. The van der Waals surface area contributed by atoms with Crippen LogP contribution in [0.5, 0.6) is 0 Å². The molecule has 7 nitrogen and oxygen atoms in total. The number of likely N-dealkylation sites (tertiary alicyclic amines) is 1. The molecule has 0 spiro atoms. The highest BCUT2D eigenvalue weighted by Crippen LogP contribution is 2.28. The van der Waals surface area contributed by atoms with Crippen molar-refractivity contribution in [3.63, 3.8) is 0 Å². The first-order valence-corrected chi connectivity index (χ1v) is 13.5. The number of fused-ring (bicyclic) bond motifs is 1. The van der Waals surface area contributed by atoms with Gasteiger partial charge in [-0.05, 0) is 54.5 Å². The highest BCUT2D eigenvalue weighted by molar-refractivity contribution is 5.97. The third-order valence-corrected chi connectivity index (χ3v) is 7.48. The molecule has 5 rings (SSSR count). The van der Waals surface area contributed by atoms with E-state index in [0.29, 0.717) is 13.0 Å². The number of carbonyl (C=O) groups excluding carboxylic acids is 2. The van der Waals surface area contributed by atoms with Gasteiger partial charge in [-0.25, -0.2) is 4.79 Å². The van der Waals surface area contributed by atoms with Gasteiger partial charge >= 0.3 is 6.09 Å². The number of hydrogen-bond acceptors (Lipinski definition) is 5. The Labute approximate surface area is 224 Å². The van der Waals surface area contributed by atoms with Crippen molar-refractivity contribution in [3.8, 4) is 11.1 Å². The summed E-state index contributed by atoms with van der Waals surface area (Å²) in [6.07, 6.45) is 2.47. The van der Waals surface area contributed by atoms with Gasteiger partial charge in [0.15, 0.2) is 0 Å². The Morgan fingerprint density at radius 1 is 0.921 bits per heavy atom. The third kappa shape index (κ3) is 6.23. The molecular weight excluding hydrogens is 478 g/mol. The second-order valence-corrected chi connectivity index (χ2v) is 9.99. The van der Waals surface area contributed by atoms with Crippen molar-refractivity contribution in [1.82, 2.24) is 9.80 Å². The largest absolute Gasteiger partial charge is 0.446 e. The maximum atomic E-state index is 13.0. The molecule has 38 heavy (non-hydrogen) atoms. The van der Waals surface area contributed by atoms with Crippen LogP contribution in [0.25, 0.3) is 11.1 Å². The van der Waals surface area contributed by atoms with Crippen molar-refractivity contribution < 1.29 is 19.4 Å². The molecule has 2 N–H and O–H groups in total. The highest BCUT2D eigenvalue weighted by Gasteiger charge is 2.27.